The van der Waals surface area contributed by atoms with Gasteiger partial charge in [0.05, 0.1) is 14.0 Å². The van der Waals surface area contributed by atoms with Crippen molar-refractivity contribution in [2.75, 3.05) is 13.2 Å². The third-order valence-electron chi connectivity index (χ3n) is 5.22. The molecular formula is C23H47NO3P-. The van der Waals surface area contributed by atoms with Crippen LogP contribution in [0.5, 0.6) is 0 Å². The van der Waals surface area contributed by atoms with Crippen LogP contribution in [-0.4, -0.2) is 24.2 Å². The Bertz CT molecular complexity index is 432. The highest BCUT2D eigenvalue weighted by molar-refractivity contribution is 7.61. The molecule has 0 radical (unpaired) electrons. The van der Waals surface area contributed by atoms with Crippen molar-refractivity contribution in [1.82, 2.24) is 5.32 Å². The predicted octanol–water partition coefficient (Wildman–Crippen LogP) is 7.47. The van der Waals surface area contributed by atoms with Crippen molar-refractivity contribution in [2.24, 2.45) is 0 Å². The van der Waals surface area contributed by atoms with Crippen LogP contribution >= 0.6 is 7.37 Å². The first-order valence-electron chi connectivity index (χ1n) is 11.6. The molecule has 0 fully saturated rings. The summed E-state index contributed by atoms with van der Waals surface area (Å²) in [6.45, 7) is 13.0. The number of carbonyl (C=O) groups excluding carboxylic acids is 1. The molecule has 0 aliphatic heterocycles. The predicted molar refractivity (Wildman–Crippen MR) is 122 cm³/mol. The molecule has 1 unspecified atom stereocenters. The number of amides is 1. The SMILES string of the molecule is [CH2-]P(=O)(OCCCCCCNC(=O)CCCCCCCCCCC)C(C)(C)C. The number of nitrogens with one attached hydrogen (secondary N) is 1. The fourth-order valence-corrected chi connectivity index (χ4v) is 3.71. The molecule has 1 amide bonds. The van der Waals surface area contributed by atoms with Crippen molar-refractivity contribution < 1.29 is 13.9 Å². The van der Waals surface area contributed by atoms with Crippen molar-refractivity contribution in [1.29, 1.82) is 0 Å². The highest BCUT2D eigenvalue weighted by Gasteiger charge is 2.25. The molecule has 168 valence electrons. The zero-order valence-electron chi connectivity index (χ0n) is 19.2. The van der Waals surface area contributed by atoms with Crippen molar-refractivity contribution in [3.05, 3.63) is 6.66 Å². The molecule has 4 nitrogen and oxygen atoms in total. The van der Waals surface area contributed by atoms with Gasteiger partial charge in [-0.05, 0) is 19.3 Å². The van der Waals surface area contributed by atoms with E-state index < -0.39 is 12.5 Å². The Morgan fingerprint density at radius 2 is 1.36 bits per heavy atom. The highest BCUT2D eigenvalue weighted by Crippen LogP contribution is 2.57. The lowest BCUT2D eigenvalue weighted by Gasteiger charge is -2.33. The minimum atomic E-state index is -2.78. The van der Waals surface area contributed by atoms with E-state index in [1.165, 1.54) is 51.4 Å². The number of hydrogen-bond acceptors (Lipinski definition) is 3. The molecule has 0 saturated carbocycles. The second-order valence-corrected chi connectivity index (χ2v) is 12.0. The van der Waals surface area contributed by atoms with Crippen LogP contribution in [0.4, 0.5) is 0 Å². The maximum Gasteiger partial charge on any atom is 0.219 e. The van der Waals surface area contributed by atoms with E-state index in [4.69, 9.17) is 4.52 Å². The number of rotatable bonds is 18. The monoisotopic (exact) mass is 416 g/mol. The molecule has 0 spiro atoms. The molecular weight excluding hydrogens is 369 g/mol. The van der Waals surface area contributed by atoms with Gasteiger partial charge >= 0.3 is 0 Å². The van der Waals surface area contributed by atoms with Crippen LogP contribution in [0.15, 0.2) is 0 Å². The molecule has 5 heteroatoms. The highest BCUT2D eigenvalue weighted by atomic mass is 31.2. The summed E-state index contributed by atoms with van der Waals surface area (Å²) in [5.41, 5.74) is 0. The summed E-state index contributed by atoms with van der Waals surface area (Å²) in [5, 5.41) is 2.62. The summed E-state index contributed by atoms with van der Waals surface area (Å²) < 4.78 is 17.8. The third kappa shape index (κ3) is 15.6. The van der Waals surface area contributed by atoms with E-state index in [1.54, 1.807) is 0 Å². The average Bonchev–Trinajstić information content (AvgIpc) is 2.61. The van der Waals surface area contributed by atoms with Crippen LogP contribution in [0.1, 0.15) is 118 Å². The lowest BCUT2D eigenvalue weighted by atomic mass is 10.1. The zero-order valence-corrected chi connectivity index (χ0v) is 20.1. The van der Waals surface area contributed by atoms with Gasteiger partial charge in [0.2, 0.25) is 5.91 Å². The van der Waals surface area contributed by atoms with E-state index in [0.29, 0.717) is 13.0 Å². The van der Waals surface area contributed by atoms with Crippen LogP contribution < -0.4 is 5.32 Å². The second-order valence-electron chi connectivity index (χ2n) is 9.02. The van der Waals surface area contributed by atoms with Gasteiger partial charge in [0.1, 0.15) is 0 Å². The Hall–Kier alpha value is -0.340. The summed E-state index contributed by atoms with van der Waals surface area (Å²) in [6, 6.07) is 0. The van der Waals surface area contributed by atoms with Gasteiger partial charge in [-0.2, -0.15) is 0 Å². The zero-order chi connectivity index (χ0) is 21.3. The van der Waals surface area contributed by atoms with Crippen molar-refractivity contribution in [3.63, 3.8) is 0 Å². The minimum absolute atomic E-state index is 0.189. The number of hydrogen-bond donors (Lipinski definition) is 1. The number of unbranched alkanes of at least 4 members (excludes halogenated alkanes) is 11. The van der Waals surface area contributed by atoms with Gasteiger partial charge in [0, 0.05) is 18.1 Å². The first kappa shape index (κ1) is 27.7. The van der Waals surface area contributed by atoms with Gasteiger partial charge in [-0.3, -0.25) is 11.5 Å². The van der Waals surface area contributed by atoms with Crippen LogP contribution in [0, 0.1) is 6.66 Å². The van der Waals surface area contributed by atoms with Gasteiger partial charge in [-0.15, -0.1) is 0 Å². The lowest BCUT2D eigenvalue weighted by Crippen LogP contribution is -2.23. The Kier molecular flexibility index (Phi) is 16.3. The molecule has 0 aliphatic rings. The molecule has 0 rings (SSSR count). The fourth-order valence-electron chi connectivity index (χ4n) is 2.90. The van der Waals surface area contributed by atoms with E-state index in [0.717, 1.165) is 38.6 Å². The Morgan fingerprint density at radius 3 is 1.93 bits per heavy atom. The van der Waals surface area contributed by atoms with E-state index in [9.17, 15) is 9.36 Å². The summed E-state index contributed by atoms with van der Waals surface area (Å²) in [4.78, 5) is 11.8. The molecule has 0 aromatic rings. The average molecular weight is 417 g/mol. The fraction of sp³-hybridized carbons (Fsp3) is 0.913. The van der Waals surface area contributed by atoms with Crippen molar-refractivity contribution in [3.8, 4) is 0 Å². The van der Waals surface area contributed by atoms with E-state index in [1.807, 2.05) is 20.8 Å². The topological polar surface area (TPSA) is 55.4 Å². The van der Waals surface area contributed by atoms with Crippen molar-refractivity contribution >= 4 is 13.3 Å². The minimum Gasteiger partial charge on any atom is -0.356 e. The van der Waals surface area contributed by atoms with E-state index in [2.05, 4.69) is 18.9 Å². The summed E-state index contributed by atoms with van der Waals surface area (Å²) in [5.74, 6) is 0.189. The molecule has 1 N–H and O–H groups in total. The summed E-state index contributed by atoms with van der Waals surface area (Å²) in [6.07, 6.45) is 16.1. The van der Waals surface area contributed by atoms with Gasteiger partial charge < -0.3 is 14.4 Å². The molecule has 0 bridgehead atoms. The van der Waals surface area contributed by atoms with Gasteiger partial charge in [0.25, 0.3) is 0 Å². The third-order valence-corrected chi connectivity index (χ3v) is 7.87. The second kappa shape index (κ2) is 16.5. The standard InChI is InChI=1S/C23H47NO3P/c1-6-7-8-9-10-11-12-13-16-19-22(25)24-20-17-14-15-18-21-27-28(5,26)23(2,3)4/h5-21H2,1-4H3,(H,24,25)/q-1. The van der Waals surface area contributed by atoms with E-state index >= 15 is 0 Å². The maximum absolute atomic E-state index is 12.3. The molecule has 0 aromatic carbocycles. The molecule has 0 aromatic heterocycles. The first-order valence-corrected chi connectivity index (χ1v) is 13.4. The normalized spacial score (nSPS) is 14.0. The Balaban J connectivity index is 3.39. The smallest absolute Gasteiger partial charge is 0.219 e. The van der Waals surface area contributed by atoms with Gasteiger partial charge in [-0.25, -0.2) is 0 Å². The molecule has 0 heterocycles. The van der Waals surface area contributed by atoms with Crippen LogP contribution in [0.3, 0.4) is 0 Å². The largest absolute Gasteiger partial charge is 0.356 e. The van der Waals surface area contributed by atoms with Crippen LogP contribution in [0.2, 0.25) is 0 Å². The van der Waals surface area contributed by atoms with E-state index in [-0.39, 0.29) is 5.91 Å². The van der Waals surface area contributed by atoms with Crippen LogP contribution in [0.25, 0.3) is 0 Å². The van der Waals surface area contributed by atoms with Crippen LogP contribution in [-0.2, 0) is 13.9 Å². The number of carbonyl (C=O) groups is 1. The summed E-state index contributed by atoms with van der Waals surface area (Å²) >= 11 is 0. The Morgan fingerprint density at radius 1 is 0.857 bits per heavy atom. The van der Waals surface area contributed by atoms with Gasteiger partial charge in [-0.1, -0.05) is 91.9 Å². The summed E-state index contributed by atoms with van der Waals surface area (Å²) in [7, 11) is -2.78. The molecule has 1 atom stereocenters. The quantitative estimate of drug-likeness (QED) is 0.143. The maximum atomic E-state index is 12.3. The molecule has 28 heavy (non-hydrogen) atoms. The van der Waals surface area contributed by atoms with Crippen molar-refractivity contribution in [2.45, 2.75) is 123 Å². The Labute approximate surface area is 175 Å². The molecule has 0 saturated heterocycles. The lowest BCUT2D eigenvalue weighted by molar-refractivity contribution is -0.121. The van der Waals surface area contributed by atoms with Gasteiger partial charge in [0.15, 0.2) is 0 Å². The first-order chi connectivity index (χ1) is 13.2. The molecule has 0 aliphatic carbocycles.